The van der Waals surface area contributed by atoms with Gasteiger partial charge >= 0.3 is 5.97 Å². The first-order valence-electron chi connectivity index (χ1n) is 7.09. The second kappa shape index (κ2) is 5.49. The van der Waals surface area contributed by atoms with Crippen molar-refractivity contribution in [1.82, 2.24) is 4.90 Å². The Morgan fingerprint density at radius 3 is 2.42 bits per heavy atom. The van der Waals surface area contributed by atoms with E-state index >= 15 is 0 Å². The lowest BCUT2D eigenvalue weighted by molar-refractivity contribution is -0.149. The van der Waals surface area contributed by atoms with Gasteiger partial charge in [-0.15, -0.1) is 0 Å². The van der Waals surface area contributed by atoms with Gasteiger partial charge in [-0.25, -0.2) is 0 Å². The molecule has 5 unspecified atom stereocenters. The summed E-state index contributed by atoms with van der Waals surface area (Å²) in [6, 6.07) is -0.141. The van der Waals surface area contributed by atoms with Gasteiger partial charge in [-0.1, -0.05) is 13.8 Å². The Kier molecular flexibility index (Phi) is 4.13. The molecule has 5 nitrogen and oxygen atoms in total. The van der Waals surface area contributed by atoms with E-state index < -0.39 is 17.8 Å². The Labute approximate surface area is 113 Å². The number of amides is 1. The first kappa shape index (κ1) is 14.3. The zero-order valence-electron chi connectivity index (χ0n) is 11.6. The number of hydrogen-bond donors (Lipinski definition) is 2. The SMILES string of the molecule is CC1CC(C(=O)O)C(C(=O)N2CCC(C)C2CO)C1. The van der Waals surface area contributed by atoms with Crippen molar-refractivity contribution in [1.29, 1.82) is 0 Å². The van der Waals surface area contributed by atoms with Gasteiger partial charge in [0.1, 0.15) is 0 Å². The molecule has 2 N–H and O–H groups in total. The van der Waals surface area contributed by atoms with Gasteiger partial charge in [-0.2, -0.15) is 0 Å². The van der Waals surface area contributed by atoms with E-state index in [1.165, 1.54) is 0 Å². The van der Waals surface area contributed by atoms with Crippen LogP contribution in [-0.2, 0) is 9.59 Å². The highest BCUT2D eigenvalue weighted by Crippen LogP contribution is 2.39. The van der Waals surface area contributed by atoms with E-state index in [2.05, 4.69) is 0 Å². The monoisotopic (exact) mass is 269 g/mol. The van der Waals surface area contributed by atoms with Crippen molar-refractivity contribution in [2.75, 3.05) is 13.2 Å². The van der Waals surface area contributed by atoms with E-state index in [1.807, 2.05) is 13.8 Å². The maximum absolute atomic E-state index is 12.6. The second-order valence-electron chi connectivity index (χ2n) is 6.18. The van der Waals surface area contributed by atoms with E-state index in [0.29, 0.717) is 19.4 Å². The molecule has 1 saturated heterocycles. The molecule has 0 radical (unpaired) electrons. The number of likely N-dealkylation sites (tertiary alicyclic amines) is 1. The quantitative estimate of drug-likeness (QED) is 0.800. The van der Waals surface area contributed by atoms with Crippen LogP contribution in [0.15, 0.2) is 0 Å². The Balaban J connectivity index is 2.12. The van der Waals surface area contributed by atoms with E-state index in [0.717, 1.165) is 6.42 Å². The Bertz CT molecular complexity index is 370. The molecule has 0 aromatic carbocycles. The van der Waals surface area contributed by atoms with Gasteiger partial charge in [0.25, 0.3) is 0 Å². The molecule has 0 bridgehead atoms. The van der Waals surface area contributed by atoms with Crippen LogP contribution < -0.4 is 0 Å². The molecule has 1 amide bonds. The average molecular weight is 269 g/mol. The fourth-order valence-corrected chi connectivity index (χ4v) is 3.61. The molecule has 5 atom stereocenters. The summed E-state index contributed by atoms with van der Waals surface area (Å²) in [4.78, 5) is 25.6. The molecular formula is C14H23NO4. The standard InChI is InChI=1S/C14H23NO4/c1-8-5-10(11(6-8)14(18)19)13(17)15-4-3-9(2)12(15)7-16/h8-12,16H,3-7H2,1-2H3,(H,18,19). The lowest BCUT2D eigenvalue weighted by Gasteiger charge is -2.29. The molecule has 1 saturated carbocycles. The van der Waals surface area contributed by atoms with Crippen LogP contribution in [0, 0.1) is 23.7 Å². The minimum atomic E-state index is -0.865. The first-order valence-corrected chi connectivity index (χ1v) is 7.09. The van der Waals surface area contributed by atoms with Crippen molar-refractivity contribution in [2.45, 2.75) is 39.2 Å². The normalized spacial score (nSPS) is 38.7. The number of nitrogens with zero attached hydrogens (tertiary/aromatic N) is 1. The van der Waals surface area contributed by atoms with Crippen molar-refractivity contribution in [3.63, 3.8) is 0 Å². The zero-order chi connectivity index (χ0) is 14.2. The molecular weight excluding hydrogens is 246 g/mol. The highest BCUT2D eigenvalue weighted by Gasteiger charge is 2.45. The number of carbonyl (C=O) groups is 2. The molecule has 2 rings (SSSR count). The van der Waals surface area contributed by atoms with Crippen molar-refractivity contribution in [3.8, 4) is 0 Å². The number of aliphatic hydroxyl groups excluding tert-OH is 1. The maximum atomic E-state index is 12.6. The third kappa shape index (κ3) is 2.61. The van der Waals surface area contributed by atoms with Crippen LogP contribution in [0.5, 0.6) is 0 Å². The summed E-state index contributed by atoms with van der Waals surface area (Å²) in [6.07, 6.45) is 2.12. The number of rotatable bonds is 3. The molecule has 0 spiro atoms. The lowest BCUT2D eigenvalue weighted by Crippen LogP contribution is -2.44. The summed E-state index contributed by atoms with van der Waals surface area (Å²) in [7, 11) is 0. The predicted octanol–water partition coefficient (Wildman–Crippen LogP) is 0.963. The highest BCUT2D eigenvalue weighted by molar-refractivity contribution is 5.85. The lowest BCUT2D eigenvalue weighted by atomic mass is 9.94. The zero-order valence-corrected chi connectivity index (χ0v) is 11.6. The summed E-state index contributed by atoms with van der Waals surface area (Å²) in [5, 5.41) is 18.7. The molecule has 0 aromatic rings. The number of aliphatic carboxylic acids is 1. The number of carboxylic acid groups (broad SMARTS) is 1. The smallest absolute Gasteiger partial charge is 0.307 e. The fraction of sp³-hybridized carbons (Fsp3) is 0.857. The number of hydrogen-bond acceptors (Lipinski definition) is 3. The third-order valence-corrected chi connectivity index (χ3v) is 4.79. The number of carboxylic acids is 1. The predicted molar refractivity (Wildman–Crippen MR) is 69.4 cm³/mol. The molecule has 1 heterocycles. The molecule has 2 fully saturated rings. The van der Waals surface area contributed by atoms with Crippen LogP contribution in [0.2, 0.25) is 0 Å². The molecule has 1 aliphatic heterocycles. The molecule has 5 heteroatoms. The molecule has 2 aliphatic rings. The van der Waals surface area contributed by atoms with Gasteiger partial charge in [0.2, 0.25) is 5.91 Å². The van der Waals surface area contributed by atoms with E-state index in [-0.39, 0.29) is 30.4 Å². The first-order chi connectivity index (χ1) is 8.95. The van der Waals surface area contributed by atoms with Crippen LogP contribution in [0.3, 0.4) is 0 Å². The summed E-state index contributed by atoms with van der Waals surface area (Å²) in [5.41, 5.74) is 0. The van der Waals surface area contributed by atoms with Crippen molar-refractivity contribution in [2.24, 2.45) is 23.7 Å². The van der Waals surface area contributed by atoms with Gasteiger partial charge in [0, 0.05) is 6.54 Å². The maximum Gasteiger partial charge on any atom is 0.307 e. The van der Waals surface area contributed by atoms with Crippen molar-refractivity contribution < 1.29 is 19.8 Å². The van der Waals surface area contributed by atoms with Gasteiger partial charge in [-0.3, -0.25) is 9.59 Å². The minimum absolute atomic E-state index is 0.0348. The average Bonchev–Trinajstić information content (AvgIpc) is 2.91. The Morgan fingerprint density at radius 2 is 1.84 bits per heavy atom. The van der Waals surface area contributed by atoms with E-state index in [1.54, 1.807) is 4.90 Å². The molecule has 0 aromatic heterocycles. The van der Waals surface area contributed by atoms with Crippen molar-refractivity contribution in [3.05, 3.63) is 0 Å². The summed E-state index contributed by atoms with van der Waals surface area (Å²) < 4.78 is 0. The van der Waals surface area contributed by atoms with Crippen LogP contribution in [0.4, 0.5) is 0 Å². The van der Waals surface area contributed by atoms with Crippen LogP contribution in [0.25, 0.3) is 0 Å². The van der Waals surface area contributed by atoms with Crippen molar-refractivity contribution >= 4 is 11.9 Å². The van der Waals surface area contributed by atoms with Gasteiger partial charge in [0.15, 0.2) is 0 Å². The fourth-order valence-electron chi connectivity index (χ4n) is 3.61. The molecule has 108 valence electrons. The molecule has 19 heavy (non-hydrogen) atoms. The summed E-state index contributed by atoms with van der Waals surface area (Å²) in [5.74, 6) is -1.33. The topological polar surface area (TPSA) is 77.8 Å². The second-order valence-corrected chi connectivity index (χ2v) is 6.18. The summed E-state index contributed by atoms with van der Waals surface area (Å²) >= 11 is 0. The number of carbonyl (C=O) groups excluding carboxylic acids is 1. The van der Waals surface area contributed by atoms with E-state index in [9.17, 15) is 19.8 Å². The highest BCUT2D eigenvalue weighted by atomic mass is 16.4. The number of aliphatic hydroxyl groups is 1. The Morgan fingerprint density at radius 1 is 1.21 bits per heavy atom. The van der Waals surface area contributed by atoms with Crippen LogP contribution in [0.1, 0.15) is 33.1 Å². The van der Waals surface area contributed by atoms with Gasteiger partial charge < -0.3 is 15.1 Å². The molecule has 1 aliphatic carbocycles. The van der Waals surface area contributed by atoms with Crippen LogP contribution in [-0.4, -0.2) is 46.2 Å². The van der Waals surface area contributed by atoms with E-state index in [4.69, 9.17) is 0 Å². The largest absolute Gasteiger partial charge is 0.481 e. The minimum Gasteiger partial charge on any atom is -0.481 e. The van der Waals surface area contributed by atoms with Gasteiger partial charge in [-0.05, 0) is 31.1 Å². The summed E-state index contributed by atoms with van der Waals surface area (Å²) in [6.45, 7) is 4.63. The Hall–Kier alpha value is -1.10. The van der Waals surface area contributed by atoms with Crippen LogP contribution >= 0.6 is 0 Å². The third-order valence-electron chi connectivity index (χ3n) is 4.79. The van der Waals surface area contributed by atoms with Gasteiger partial charge in [0.05, 0.1) is 24.5 Å².